The van der Waals surface area contributed by atoms with Gasteiger partial charge in [0.15, 0.2) is 49.6 Å². The first-order valence-corrected chi connectivity index (χ1v) is 45.5. The number of azide groups is 4. The third-order valence-corrected chi connectivity index (χ3v) is 24.7. The molecule has 20 atom stereocenters. The van der Waals surface area contributed by atoms with Crippen molar-refractivity contribution in [2.75, 3.05) is 52.6 Å². The van der Waals surface area contributed by atoms with Gasteiger partial charge in [0.2, 0.25) is 0 Å². The number of carbonyl (C=O) groups excluding carboxylic acids is 4. The zero-order valence-electron chi connectivity index (χ0n) is 71.6. The SMILES string of the molecule is C.C.C.CC(C)OC(=O)[C@H](C)NP(=O)(N[C@@H](C)C(=O)OC(C)C)OC[C@@]1(CN=[N+]=[N-])O[C@@H](n2ccc(=O)[nH]c2=O)[C@H](F)[C@@H]1C.CC(C)OC(=O)[C@H](C)NP(=O)(N[C@@H](C)C(=O)OC(C)C)OC[C@@]1(CN=[N+]=[N-])O[C@@H](n2ccc(=O)[nH]c2=O)[C@H](F)[C@@H]1C.C[C@H]1[C@@H](F)[C@H](n2ccc(=O)[nH]c2=O)O[C@@]1(CO)CN=[N+]=[N-].C[C@H]1[C@@H](F)[C@H](n2ccc(=O)[nH]c2=O)O[C@]1(CN=[N+]=[N-])COP(=O)(Cl)Cl. The summed E-state index contributed by atoms with van der Waals surface area (Å²) in [5.74, 6) is -7.01. The number of halogens is 6. The Morgan fingerprint density at radius 3 is 0.809 bits per heavy atom. The Morgan fingerprint density at radius 2 is 0.618 bits per heavy atom. The minimum Gasteiger partial charge on any atom is -0.462 e. The minimum absolute atomic E-state index is 0. The monoisotopic (exact) mass is 1970 g/mol. The summed E-state index contributed by atoms with van der Waals surface area (Å²) in [6.45, 7) is 20.1. The second-order valence-electron chi connectivity index (χ2n) is 30.7. The summed E-state index contributed by atoms with van der Waals surface area (Å²) < 4.78 is 163. The number of rotatable bonds is 38. The molecule has 4 aliphatic heterocycles. The summed E-state index contributed by atoms with van der Waals surface area (Å²) in [4.78, 5) is 162. The molecule has 0 spiro atoms. The number of H-pyrrole nitrogens is 4. The van der Waals surface area contributed by atoms with E-state index in [-0.39, 0.29) is 35.4 Å². The van der Waals surface area contributed by atoms with Crippen molar-refractivity contribution >= 4 is 67.8 Å². The largest absolute Gasteiger partial charge is 0.462 e. The van der Waals surface area contributed by atoms with Crippen LogP contribution < -0.4 is 65.3 Å². The molecule has 0 aromatic carbocycles. The quantitative estimate of drug-likeness (QED) is 0.00384. The Kier molecular flexibility index (Phi) is 45.7. The number of aromatic nitrogens is 8. The molecule has 0 unspecified atom stereocenters. The van der Waals surface area contributed by atoms with E-state index in [0.717, 1.165) is 67.3 Å². The lowest BCUT2D eigenvalue weighted by Crippen LogP contribution is -2.47. The van der Waals surface area contributed by atoms with Crippen LogP contribution in [0.25, 0.3) is 41.8 Å². The van der Waals surface area contributed by atoms with E-state index in [0.29, 0.717) is 0 Å². The number of aliphatic hydroxyl groups excluding tert-OH is 1. The summed E-state index contributed by atoms with van der Waals surface area (Å²) in [6, 6.07) is -0.680. The first-order valence-electron chi connectivity index (χ1n) is 38.9. The Morgan fingerprint density at radius 1 is 0.420 bits per heavy atom. The number of esters is 4. The highest BCUT2D eigenvalue weighted by atomic mass is 35.9. The molecule has 0 amide bonds. The van der Waals surface area contributed by atoms with Gasteiger partial charge in [0, 0.05) is 92.4 Å². The normalized spacial score (nSPS) is 25.8. The van der Waals surface area contributed by atoms with E-state index in [1.54, 1.807) is 55.4 Å². The number of hydrogen-bond donors (Lipinski definition) is 9. The molecule has 131 heavy (non-hydrogen) atoms. The van der Waals surface area contributed by atoms with Gasteiger partial charge in [-0.3, -0.25) is 90.3 Å². The van der Waals surface area contributed by atoms with Crippen LogP contribution in [0.3, 0.4) is 0 Å². The predicted octanol–water partition coefficient (Wildman–Crippen LogP) is 8.83. The van der Waals surface area contributed by atoms with E-state index < -0.39 is 274 Å². The number of nitrogens with zero attached hydrogens (tertiary/aromatic N) is 16. The van der Waals surface area contributed by atoms with Crippen molar-refractivity contribution in [1.82, 2.24) is 58.6 Å². The fourth-order valence-corrected chi connectivity index (χ4v) is 17.1. The van der Waals surface area contributed by atoms with E-state index >= 15 is 8.78 Å². The van der Waals surface area contributed by atoms with Gasteiger partial charge in [0.1, 0.15) is 46.6 Å². The maximum atomic E-state index is 15.6. The fraction of sp³-hybridized carbons (Fsp3) is 0.718. The first kappa shape index (κ1) is 117. The van der Waals surface area contributed by atoms with Gasteiger partial charge in [-0.1, -0.05) is 70.4 Å². The van der Waals surface area contributed by atoms with Crippen molar-refractivity contribution < 1.29 is 107 Å². The minimum atomic E-state index is -4.36. The lowest BCUT2D eigenvalue weighted by molar-refractivity contribution is -0.150. The van der Waals surface area contributed by atoms with Gasteiger partial charge < -0.3 is 56.6 Å². The molecule has 736 valence electrons. The Labute approximate surface area is 754 Å². The average Bonchev–Trinajstić information content (AvgIpc) is 1.63. The zero-order chi connectivity index (χ0) is 96.7. The number of aromatic amines is 4. The molecule has 4 aromatic heterocycles. The Hall–Kier alpha value is -9.65. The van der Waals surface area contributed by atoms with E-state index in [1.165, 1.54) is 55.4 Å². The summed E-state index contributed by atoms with van der Waals surface area (Å²) in [5, 5.41) is 33.2. The average molecular weight is 1970 g/mol. The number of carbonyl (C=O) groups is 4. The van der Waals surface area contributed by atoms with Gasteiger partial charge in [-0.2, -0.15) is 0 Å². The van der Waals surface area contributed by atoms with E-state index in [1.807, 2.05) is 19.9 Å². The second kappa shape index (κ2) is 51.0. The summed E-state index contributed by atoms with van der Waals surface area (Å²) in [6.07, 6.45) is -14.5. The molecule has 4 fully saturated rings. The first-order chi connectivity index (χ1) is 59.6. The maximum Gasteiger partial charge on any atom is 0.380 e. The van der Waals surface area contributed by atoms with Gasteiger partial charge in [-0.25, -0.2) is 57.1 Å². The van der Waals surface area contributed by atoms with Crippen LogP contribution in [0.2, 0.25) is 0 Å². The molecule has 0 radical (unpaired) electrons. The molecule has 8 heterocycles. The van der Waals surface area contributed by atoms with Crippen molar-refractivity contribution in [3.8, 4) is 0 Å². The standard InChI is InChI=1S/2C23H37FN7O9P.C11H13Cl2FN5O5P.C11H14FN5O4.3CH4/c2*1-12(2)38-20(33)15(6)28-41(36,29-16(7)21(34)39-13(3)4)37-11-23(10-26-30-25)14(5)18(24)19(40-23)31-9-8-17(32)27-22(31)35;1-6-8(14)9(19-3-2-7(20)17-10(19)21)24-11(6,4-16-18-15)5-23-25(12,13)22;1-6-8(12)9(17-3-2-7(19)15-10(17)20)21-11(6,5-18)4-14-16-13;;;/h2*8-9,12-16,18-19H,10-11H2,1-7H3,(H,27,32,35)(H2,28,29,36);2-3,6,8-9H,4-5H2,1H3,(H,17,20,21);2-3,6,8-9,18H,4-5H2,1H3,(H,15,19,20);3*1H4/t2*14-,15-,16-,18+,19+,23+;2*6-,8+,9+,11+;;;/m0000.../s1. The van der Waals surface area contributed by atoms with Crippen molar-refractivity contribution in [2.45, 2.75) is 254 Å². The van der Waals surface area contributed by atoms with Crippen LogP contribution in [-0.4, -0.2) is 215 Å². The van der Waals surface area contributed by atoms with Gasteiger partial charge in [0.05, 0.1) is 77.0 Å². The molecular formula is C71H113Cl2F4N24O27P3. The Balaban J connectivity index is 0.000000607. The number of alkyl halides is 4. The van der Waals surface area contributed by atoms with Crippen LogP contribution in [-0.2, 0) is 84.3 Å². The number of aliphatic hydroxyl groups is 1. The van der Waals surface area contributed by atoms with Gasteiger partial charge in [-0.05, 0) is 128 Å². The van der Waals surface area contributed by atoms with Crippen molar-refractivity contribution in [3.05, 3.63) is 174 Å². The van der Waals surface area contributed by atoms with Crippen molar-refractivity contribution in [1.29, 1.82) is 0 Å². The molecule has 60 heteroatoms. The lowest BCUT2D eigenvalue weighted by atomic mass is 9.88. The highest BCUT2D eigenvalue weighted by Crippen LogP contribution is 2.59. The molecule has 4 aliphatic rings. The fourth-order valence-electron chi connectivity index (χ4n) is 12.7. The predicted molar refractivity (Wildman–Crippen MR) is 464 cm³/mol. The van der Waals surface area contributed by atoms with Crippen LogP contribution in [0.5, 0.6) is 0 Å². The van der Waals surface area contributed by atoms with Gasteiger partial charge >= 0.3 is 68.1 Å². The van der Waals surface area contributed by atoms with Crippen molar-refractivity contribution in [3.63, 3.8) is 0 Å². The maximum absolute atomic E-state index is 15.6. The van der Waals surface area contributed by atoms with Gasteiger partial charge in [0.25, 0.3) is 22.2 Å². The molecule has 4 saturated heterocycles. The van der Waals surface area contributed by atoms with E-state index in [4.69, 9.17) is 96.1 Å². The topological polar surface area (TPSA) is 704 Å². The van der Waals surface area contributed by atoms with Gasteiger partial charge in [-0.15, -0.1) is 0 Å². The lowest BCUT2D eigenvalue weighted by Gasteiger charge is -2.34. The number of nitrogens with one attached hydrogen (secondary N) is 8. The van der Waals surface area contributed by atoms with Crippen LogP contribution in [0.1, 0.15) is 158 Å². The van der Waals surface area contributed by atoms with Crippen LogP contribution >= 0.6 is 43.9 Å². The zero-order valence-corrected chi connectivity index (χ0v) is 75.8. The third kappa shape index (κ3) is 31.8. The number of ether oxygens (including phenoxy) is 8. The van der Waals surface area contributed by atoms with Crippen LogP contribution in [0, 0.1) is 23.7 Å². The molecule has 8 rings (SSSR count). The Bertz CT molecular complexity index is 5150. The summed E-state index contributed by atoms with van der Waals surface area (Å²) in [5.41, 5.74) is 22.1. The molecule has 0 aliphatic carbocycles. The second-order valence-corrected chi connectivity index (χ2v) is 38.7. The molecule has 9 N–H and O–H groups in total. The third-order valence-electron chi connectivity index (χ3n) is 19.8. The smallest absolute Gasteiger partial charge is 0.380 e. The summed E-state index contributed by atoms with van der Waals surface area (Å²) >= 11 is 10.7. The highest BCUT2D eigenvalue weighted by molar-refractivity contribution is 8.05. The van der Waals surface area contributed by atoms with E-state index in [2.05, 4.69) is 60.5 Å². The highest BCUT2D eigenvalue weighted by Gasteiger charge is 2.59. The van der Waals surface area contributed by atoms with Crippen LogP contribution in [0.4, 0.5) is 17.6 Å². The molecule has 0 bridgehead atoms. The molecule has 4 aromatic rings. The summed E-state index contributed by atoms with van der Waals surface area (Å²) in [7, 11) is -8.72. The molecule has 0 saturated carbocycles. The number of hydrogen-bond acceptors (Lipinski definition) is 31. The van der Waals surface area contributed by atoms with E-state index in [9.17, 15) is 85.1 Å². The van der Waals surface area contributed by atoms with Crippen molar-refractivity contribution in [2.24, 2.45) is 44.1 Å². The molecular weight excluding hydrogens is 1860 g/mol. The molecule has 51 nitrogen and oxygen atoms in total. The van der Waals surface area contributed by atoms with Crippen LogP contribution in [0.15, 0.2) is 108 Å².